The summed E-state index contributed by atoms with van der Waals surface area (Å²) in [4.78, 5) is 123. The zero-order valence-corrected chi connectivity index (χ0v) is 84.5. The van der Waals surface area contributed by atoms with Gasteiger partial charge in [-0.2, -0.15) is 0 Å². The van der Waals surface area contributed by atoms with Crippen LogP contribution >= 0.6 is 0 Å². The summed E-state index contributed by atoms with van der Waals surface area (Å²) in [7, 11) is 2.05. The van der Waals surface area contributed by atoms with Crippen LogP contribution < -0.4 is 5.32 Å². The third-order valence-electron chi connectivity index (χ3n) is 24.7. The molecular formula is C121H196FN9O13. The number of hydrogen-bond donors (Lipinski definition) is 2. The molecule has 0 bridgehead atoms. The lowest BCUT2D eigenvalue weighted by Crippen LogP contribution is -2.38. The molecule has 7 amide bonds. The van der Waals surface area contributed by atoms with Gasteiger partial charge in [-0.3, -0.25) is 33.6 Å². The first-order valence-corrected chi connectivity index (χ1v) is 50.6. The van der Waals surface area contributed by atoms with E-state index >= 15 is 0 Å². The normalized spacial score (nSPS) is 14.3. The number of nitrogens with zero attached hydrogens (tertiary/aromatic N) is 8. The lowest BCUT2D eigenvalue weighted by Gasteiger charge is -2.27. The number of hydrogen-bond acceptors (Lipinski definition) is 14. The van der Waals surface area contributed by atoms with Crippen LogP contribution in [-0.4, -0.2) is 204 Å². The number of dihydropyridines is 1. The van der Waals surface area contributed by atoms with Gasteiger partial charge in [-0.25, -0.2) is 14.0 Å². The van der Waals surface area contributed by atoms with Crippen LogP contribution in [0.5, 0.6) is 0 Å². The number of amides is 7. The molecule has 7 saturated carbocycles. The van der Waals surface area contributed by atoms with E-state index in [1.807, 2.05) is 138 Å². The van der Waals surface area contributed by atoms with Crippen molar-refractivity contribution in [1.29, 1.82) is 0 Å². The third-order valence-corrected chi connectivity index (χ3v) is 24.7. The van der Waals surface area contributed by atoms with Crippen molar-refractivity contribution >= 4 is 75.2 Å². The number of esters is 2. The molecule has 15 rings (SSSR count). The second kappa shape index (κ2) is 69.4. The van der Waals surface area contributed by atoms with E-state index in [0.717, 1.165) is 168 Å². The van der Waals surface area contributed by atoms with Gasteiger partial charge in [0.15, 0.2) is 0 Å². The van der Waals surface area contributed by atoms with Crippen molar-refractivity contribution in [2.45, 2.75) is 405 Å². The fourth-order valence-electron chi connectivity index (χ4n) is 16.9. The standard InChI is InChI=1S/C17H22N2O.C16H19NO2.C15H21NO.C14H18FNO.C14H21NO4.C13H17NO.C12H21NO.C11H21NO2.9CH4/c1-3-10-19(14-8-9-14)17(20)12-15-11-13-6-4-5-7-16(13)18(15)2;1-2-8-17(14-5-6-14)16(18)11-12-3-4-13-7-9-19-15(13)10-12;1-2-12-16(14-9-10-14)15(17)11-8-13-6-4-3-5-7-13;1-2-9-16(13-7-8-13)14(17)10-11-3-5-12(15)6-4-11;1-6-18-13(16)11-8(3)12(14(17)19-7-2)10(5)15-9(11)4;1-2-10-14(12-8-9-12)13(15)11-6-4-3-5-7-11;1-4-9-13(11-6-7-11)12(14)8-5-10(2)3;1-4-7-12(9-5-6-9)10(13)8-11(2,3)14;;;;;;;;;/h4-7,11,14H,3,8-10,12H2,1-2H3;3-4,7,9-10,14H,2,5-6,8,11H2,1H3;3-7,14H,2,8-12H2,1H3;3-6,13H,2,7-10H2,1H3;8,15H,6-7H2,1-5H3;3-7,12H,2,8-10H2,1H3;5,11H,4,6-9H2,1-3H3;9,14H,4-8H2,1-3H3;9*1H4. The minimum Gasteiger partial charge on any atom is -0.464 e. The van der Waals surface area contributed by atoms with Crippen molar-refractivity contribution in [3.8, 4) is 0 Å². The van der Waals surface area contributed by atoms with E-state index in [4.69, 9.17) is 13.9 Å². The molecule has 22 nitrogen and oxygen atoms in total. The van der Waals surface area contributed by atoms with E-state index in [1.165, 1.54) is 98.4 Å². The second-order valence-corrected chi connectivity index (χ2v) is 38.0. The molecule has 7 fully saturated rings. The summed E-state index contributed by atoms with van der Waals surface area (Å²) in [5.74, 6) is 0.240. The Kier molecular flexibility index (Phi) is 65.2. The Labute approximate surface area is 871 Å². The van der Waals surface area contributed by atoms with Gasteiger partial charge in [0.1, 0.15) is 11.4 Å². The molecule has 0 radical (unpaired) electrons. The number of allylic oxidation sites excluding steroid dienone is 3. The maximum absolute atomic E-state index is 12.7. The molecule has 3 heterocycles. The minimum atomic E-state index is -0.877. The number of aryl methyl sites for hydroxylation is 2. The maximum Gasteiger partial charge on any atom is 0.336 e. The highest BCUT2D eigenvalue weighted by Crippen LogP contribution is 2.36. The topological polar surface area (TPSA) is 245 Å². The number of fused-ring (bicyclic) bond motifs is 2. The van der Waals surface area contributed by atoms with Gasteiger partial charge in [-0.05, 0) is 267 Å². The number of benzene rings is 5. The van der Waals surface area contributed by atoms with Crippen LogP contribution in [0.2, 0.25) is 0 Å². The average molecular weight is 2000 g/mol. The van der Waals surface area contributed by atoms with Crippen LogP contribution in [0.1, 0.15) is 364 Å². The number of aromatic nitrogens is 1. The number of carbonyl (C=O) groups is 9. The average Bonchev–Trinajstić information content (AvgIpc) is 1.74. The van der Waals surface area contributed by atoms with Crippen LogP contribution in [0.4, 0.5) is 4.39 Å². The Morgan fingerprint density at radius 3 is 1.19 bits per heavy atom. The van der Waals surface area contributed by atoms with Gasteiger partial charge in [0.25, 0.3) is 5.91 Å². The van der Waals surface area contributed by atoms with E-state index in [9.17, 15) is 52.6 Å². The van der Waals surface area contributed by atoms with E-state index in [0.29, 0.717) is 111 Å². The van der Waals surface area contributed by atoms with Crippen molar-refractivity contribution in [2.75, 3.05) is 59.0 Å². The summed E-state index contributed by atoms with van der Waals surface area (Å²) >= 11 is 0. The summed E-state index contributed by atoms with van der Waals surface area (Å²) in [5, 5.41) is 14.9. The smallest absolute Gasteiger partial charge is 0.336 e. The minimum absolute atomic E-state index is 0. The van der Waals surface area contributed by atoms with Gasteiger partial charge >= 0.3 is 11.9 Å². The van der Waals surface area contributed by atoms with E-state index in [2.05, 4.69) is 103 Å². The molecule has 0 spiro atoms. The first-order chi connectivity index (χ1) is 64.8. The van der Waals surface area contributed by atoms with Crippen LogP contribution in [0, 0.1) is 11.7 Å². The van der Waals surface area contributed by atoms with Crippen LogP contribution in [0.25, 0.3) is 21.9 Å². The Morgan fingerprint density at radius 1 is 0.431 bits per heavy atom. The van der Waals surface area contributed by atoms with Crippen molar-refractivity contribution in [1.82, 2.24) is 44.2 Å². The largest absolute Gasteiger partial charge is 0.464 e. The van der Waals surface area contributed by atoms with Crippen molar-refractivity contribution < 1.29 is 66.5 Å². The predicted octanol–water partition coefficient (Wildman–Crippen LogP) is 26.9. The van der Waals surface area contributed by atoms with Gasteiger partial charge < -0.3 is 63.2 Å². The molecule has 23 heteroatoms. The number of furan rings is 1. The van der Waals surface area contributed by atoms with Gasteiger partial charge in [-0.15, -0.1) is 0 Å². The van der Waals surface area contributed by atoms with E-state index < -0.39 is 17.5 Å². The molecule has 0 saturated heterocycles. The highest BCUT2D eigenvalue weighted by Gasteiger charge is 2.39. The van der Waals surface area contributed by atoms with Gasteiger partial charge in [0.05, 0.1) is 61.9 Å². The Bertz CT molecular complexity index is 4940. The maximum atomic E-state index is 12.7. The van der Waals surface area contributed by atoms with Crippen LogP contribution in [-0.2, 0) is 80.6 Å². The van der Waals surface area contributed by atoms with Gasteiger partial charge in [0, 0.05) is 147 Å². The molecule has 0 unspecified atom stereocenters. The van der Waals surface area contributed by atoms with E-state index in [1.54, 1.807) is 59.9 Å². The fraction of sp³-hybridized carbons (Fsp3) is 0.595. The Hall–Kier alpha value is -10.7. The molecule has 1 aliphatic heterocycles. The first-order valence-electron chi connectivity index (χ1n) is 50.6. The number of aliphatic hydroxyl groups is 1. The highest BCUT2D eigenvalue weighted by molar-refractivity contribution is 5.98. The lowest BCUT2D eigenvalue weighted by atomic mass is 9.87. The van der Waals surface area contributed by atoms with Crippen LogP contribution in [0.15, 0.2) is 184 Å². The molecule has 810 valence electrons. The molecule has 7 aliphatic carbocycles. The van der Waals surface area contributed by atoms with Gasteiger partial charge in [0.2, 0.25) is 35.4 Å². The zero-order chi connectivity index (χ0) is 98.3. The van der Waals surface area contributed by atoms with Crippen molar-refractivity contribution in [2.24, 2.45) is 13.0 Å². The number of ether oxygens (including phenoxy) is 2. The number of rotatable bonds is 39. The molecule has 5 aromatic carbocycles. The molecule has 2 aromatic heterocycles. The highest BCUT2D eigenvalue weighted by atomic mass is 19.1. The predicted molar refractivity (Wildman–Crippen MR) is 599 cm³/mol. The van der Waals surface area contributed by atoms with E-state index in [-0.39, 0.29) is 115 Å². The summed E-state index contributed by atoms with van der Waals surface area (Å²) in [6.45, 7) is 38.0. The first kappa shape index (κ1) is 135. The van der Waals surface area contributed by atoms with Crippen molar-refractivity contribution in [3.05, 3.63) is 214 Å². The Morgan fingerprint density at radius 2 is 0.792 bits per heavy atom. The molecular weight excluding hydrogens is 1810 g/mol. The number of halogens is 1. The zero-order valence-electron chi connectivity index (χ0n) is 84.5. The second-order valence-electron chi connectivity index (χ2n) is 38.0. The van der Waals surface area contributed by atoms with Crippen molar-refractivity contribution in [3.63, 3.8) is 0 Å². The third kappa shape index (κ3) is 45.9. The SMILES string of the molecule is C.C.C.C.C.C.C.C.C.CCCN(C(=O)CC(C)(C)O)C1CC1.CCCN(C(=O)CC=C(C)C)C1CC1.CCCN(C(=O)CCc1ccccc1)C1CC1.CCCN(C(=O)Cc1cc2ccccc2n1C)C1CC1.CCCN(C(=O)Cc1ccc(F)cc1)C1CC1.CCCN(C(=O)Cc1ccc2ccoc2c1)C1CC1.CCCN(C(=O)c1ccccc1)C1CC1.CCOC(=O)C1=C(C)NC(C)=C(C(=O)OCC)C1C. The summed E-state index contributed by atoms with van der Waals surface area (Å²) in [6, 6.07) is 48.0. The molecule has 8 aliphatic rings. The summed E-state index contributed by atoms with van der Waals surface area (Å²) in [5.41, 5.74) is 9.92. The molecule has 144 heavy (non-hydrogen) atoms. The Balaban J connectivity index is 0. The quantitative estimate of drug-likeness (QED) is 0.0269. The van der Waals surface area contributed by atoms with Crippen LogP contribution in [0.3, 0.4) is 0 Å². The fourth-order valence-corrected chi connectivity index (χ4v) is 16.9. The van der Waals surface area contributed by atoms with Gasteiger partial charge in [-0.1, -0.05) is 225 Å². The summed E-state index contributed by atoms with van der Waals surface area (Å²) in [6.07, 6.45) is 31.1. The lowest BCUT2D eigenvalue weighted by molar-refractivity contribution is -0.140. The molecule has 7 aromatic rings. The monoisotopic (exact) mass is 2000 g/mol. The summed E-state index contributed by atoms with van der Waals surface area (Å²) < 4.78 is 30.3. The number of nitrogens with one attached hydrogen (secondary N) is 1. The number of para-hydroxylation sites is 1. The number of carbonyl (C=O) groups excluding carboxylic acids is 9. The molecule has 0 atom stereocenters. The molecule has 2 N–H and O–H groups in total.